The lowest BCUT2D eigenvalue weighted by atomic mass is 10.0. The fraction of sp³-hybridized carbons (Fsp3) is 0.533. The minimum Gasteiger partial charge on any atom is -0.393 e. The van der Waals surface area contributed by atoms with E-state index >= 15 is 0 Å². The molecule has 0 aliphatic rings. The third-order valence-electron chi connectivity index (χ3n) is 3.36. The van der Waals surface area contributed by atoms with E-state index in [4.69, 9.17) is 5.73 Å². The van der Waals surface area contributed by atoms with Gasteiger partial charge in [0.1, 0.15) is 5.69 Å². The van der Waals surface area contributed by atoms with Crippen LogP contribution in [0.15, 0.2) is 18.2 Å². The number of hydrogen-bond donors (Lipinski definition) is 2. The first-order valence-electron chi connectivity index (χ1n) is 7.34. The zero-order valence-corrected chi connectivity index (χ0v) is 12.6. The first-order valence-corrected chi connectivity index (χ1v) is 7.34. The van der Waals surface area contributed by atoms with Gasteiger partial charge < -0.3 is 11.1 Å². The van der Waals surface area contributed by atoms with Gasteiger partial charge in [0.15, 0.2) is 0 Å². The van der Waals surface area contributed by atoms with Crippen molar-refractivity contribution in [1.29, 1.82) is 0 Å². The Morgan fingerprint density at radius 1 is 1.33 bits per heavy atom. The minimum absolute atomic E-state index is 0.00764. The van der Waals surface area contributed by atoms with Crippen LogP contribution in [-0.4, -0.2) is 16.9 Å². The van der Waals surface area contributed by atoms with Gasteiger partial charge in [-0.15, -0.1) is 0 Å². The Kier molecular flexibility index (Phi) is 6.65. The Balaban J connectivity index is 2.77. The molecule has 0 aliphatic carbocycles. The van der Waals surface area contributed by atoms with Crippen molar-refractivity contribution in [2.75, 3.05) is 5.73 Å². The zero-order chi connectivity index (χ0) is 15.8. The van der Waals surface area contributed by atoms with E-state index in [0.717, 1.165) is 32.1 Å². The lowest BCUT2D eigenvalue weighted by Crippen LogP contribution is -2.34. The molecular formula is C15H23N3O3. The van der Waals surface area contributed by atoms with Gasteiger partial charge in [-0.25, -0.2) is 0 Å². The van der Waals surface area contributed by atoms with E-state index in [-0.39, 0.29) is 23.3 Å². The largest absolute Gasteiger partial charge is 0.393 e. The molecule has 0 aliphatic heterocycles. The van der Waals surface area contributed by atoms with Crippen LogP contribution in [0.4, 0.5) is 11.4 Å². The Bertz CT molecular complexity index is 503. The van der Waals surface area contributed by atoms with Crippen LogP contribution >= 0.6 is 0 Å². The standard InChI is InChI=1S/C15H23N3O3/c1-3-5-7-12(6-4-2)17-15(19)11-8-9-14(18(20)21)13(16)10-11/h8-10,12H,3-7,16H2,1-2H3,(H,17,19). The quantitative estimate of drug-likeness (QED) is 0.436. The number of nitro groups is 1. The molecule has 1 atom stereocenters. The van der Waals surface area contributed by atoms with Crippen LogP contribution in [0.5, 0.6) is 0 Å². The molecule has 21 heavy (non-hydrogen) atoms. The molecule has 1 aromatic rings. The number of rotatable bonds is 8. The van der Waals surface area contributed by atoms with Crippen molar-refractivity contribution < 1.29 is 9.72 Å². The van der Waals surface area contributed by atoms with Gasteiger partial charge in [0.2, 0.25) is 0 Å². The molecule has 1 unspecified atom stereocenters. The van der Waals surface area contributed by atoms with Crippen molar-refractivity contribution in [2.45, 2.75) is 52.0 Å². The predicted octanol–water partition coefficient (Wildman–Crippen LogP) is 3.27. The van der Waals surface area contributed by atoms with Crippen molar-refractivity contribution in [3.05, 3.63) is 33.9 Å². The van der Waals surface area contributed by atoms with Gasteiger partial charge in [0.25, 0.3) is 11.6 Å². The molecule has 6 nitrogen and oxygen atoms in total. The van der Waals surface area contributed by atoms with Crippen LogP contribution < -0.4 is 11.1 Å². The number of unbranched alkanes of at least 4 members (excludes halogenated alkanes) is 1. The van der Waals surface area contributed by atoms with Gasteiger partial charge in [-0.3, -0.25) is 14.9 Å². The molecule has 116 valence electrons. The van der Waals surface area contributed by atoms with Crippen LogP contribution in [-0.2, 0) is 0 Å². The van der Waals surface area contributed by atoms with Crippen molar-refractivity contribution in [3.8, 4) is 0 Å². The molecule has 0 fully saturated rings. The van der Waals surface area contributed by atoms with E-state index in [1.165, 1.54) is 18.2 Å². The number of amides is 1. The first-order chi connectivity index (χ1) is 9.99. The average Bonchev–Trinajstić information content (AvgIpc) is 2.44. The highest BCUT2D eigenvalue weighted by Gasteiger charge is 2.16. The maximum Gasteiger partial charge on any atom is 0.292 e. The molecule has 0 saturated carbocycles. The van der Waals surface area contributed by atoms with Crippen LogP contribution in [0.3, 0.4) is 0 Å². The number of nitrogens with two attached hydrogens (primary N) is 1. The van der Waals surface area contributed by atoms with E-state index in [9.17, 15) is 14.9 Å². The number of carbonyl (C=O) groups is 1. The molecule has 0 aromatic heterocycles. The van der Waals surface area contributed by atoms with Crippen LogP contribution in [0, 0.1) is 10.1 Å². The number of nitrogens with one attached hydrogen (secondary N) is 1. The van der Waals surface area contributed by atoms with Crippen molar-refractivity contribution >= 4 is 17.3 Å². The number of nitrogen functional groups attached to an aromatic ring is 1. The summed E-state index contributed by atoms with van der Waals surface area (Å²) in [6.45, 7) is 4.19. The smallest absolute Gasteiger partial charge is 0.292 e. The molecule has 0 spiro atoms. The van der Waals surface area contributed by atoms with E-state index in [2.05, 4.69) is 19.2 Å². The molecule has 1 rings (SSSR count). The maximum absolute atomic E-state index is 12.2. The van der Waals surface area contributed by atoms with E-state index in [0.29, 0.717) is 5.56 Å². The number of hydrogen-bond acceptors (Lipinski definition) is 4. The molecular weight excluding hydrogens is 270 g/mol. The predicted molar refractivity (Wildman–Crippen MR) is 83.2 cm³/mol. The highest BCUT2D eigenvalue weighted by molar-refractivity contribution is 5.95. The molecule has 6 heteroatoms. The average molecular weight is 293 g/mol. The second-order valence-electron chi connectivity index (χ2n) is 5.13. The summed E-state index contributed by atoms with van der Waals surface area (Å²) in [5, 5.41) is 13.7. The Hall–Kier alpha value is -2.11. The third-order valence-corrected chi connectivity index (χ3v) is 3.36. The topological polar surface area (TPSA) is 98.3 Å². The second-order valence-corrected chi connectivity index (χ2v) is 5.13. The molecule has 0 radical (unpaired) electrons. The van der Waals surface area contributed by atoms with Gasteiger partial charge in [0.05, 0.1) is 4.92 Å². The summed E-state index contributed by atoms with van der Waals surface area (Å²) in [4.78, 5) is 22.3. The molecule has 0 bridgehead atoms. The lowest BCUT2D eigenvalue weighted by molar-refractivity contribution is -0.383. The molecule has 1 amide bonds. The highest BCUT2D eigenvalue weighted by atomic mass is 16.6. The number of nitrogens with zero attached hydrogens (tertiary/aromatic N) is 1. The summed E-state index contributed by atoms with van der Waals surface area (Å²) >= 11 is 0. The van der Waals surface area contributed by atoms with Crippen LogP contribution in [0.1, 0.15) is 56.3 Å². The lowest BCUT2D eigenvalue weighted by Gasteiger charge is -2.18. The van der Waals surface area contributed by atoms with Crippen molar-refractivity contribution in [3.63, 3.8) is 0 Å². The van der Waals surface area contributed by atoms with Gasteiger partial charge in [0, 0.05) is 17.7 Å². The minimum atomic E-state index is -0.557. The summed E-state index contributed by atoms with van der Waals surface area (Å²) in [6, 6.07) is 4.20. The molecule has 3 N–H and O–H groups in total. The maximum atomic E-state index is 12.2. The summed E-state index contributed by atoms with van der Waals surface area (Å²) in [7, 11) is 0. The fourth-order valence-electron chi connectivity index (χ4n) is 2.22. The number of nitro benzene ring substituents is 1. The van der Waals surface area contributed by atoms with Crippen molar-refractivity contribution in [1.82, 2.24) is 5.32 Å². The monoisotopic (exact) mass is 293 g/mol. The molecule has 0 saturated heterocycles. The second kappa shape index (κ2) is 8.24. The van der Waals surface area contributed by atoms with E-state index in [1.54, 1.807) is 0 Å². The van der Waals surface area contributed by atoms with Gasteiger partial charge in [-0.05, 0) is 25.0 Å². The molecule has 1 aromatic carbocycles. The SMILES string of the molecule is CCCCC(CCC)NC(=O)c1ccc([N+](=O)[O-])c(N)c1. The van der Waals surface area contributed by atoms with Crippen molar-refractivity contribution in [2.24, 2.45) is 0 Å². The number of benzene rings is 1. The van der Waals surface area contributed by atoms with E-state index < -0.39 is 4.92 Å². The summed E-state index contributed by atoms with van der Waals surface area (Å²) < 4.78 is 0. The van der Waals surface area contributed by atoms with Crippen LogP contribution in [0.2, 0.25) is 0 Å². The van der Waals surface area contributed by atoms with Crippen LogP contribution in [0.25, 0.3) is 0 Å². The summed E-state index contributed by atoms with van der Waals surface area (Å²) in [6.07, 6.45) is 5.01. The summed E-state index contributed by atoms with van der Waals surface area (Å²) in [5.41, 5.74) is 5.79. The number of carbonyl (C=O) groups excluding carboxylic acids is 1. The fourth-order valence-corrected chi connectivity index (χ4v) is 2.22. The van der Waals surface area contributed by atoms with E-state index in [1.807, 2.05) is 0 Å². The molecule has 0 heterocycles. The Morgan fingerprint density at radius 2 is 2.05 bits per heavy atom. The zero-order valence-electron chi connectivity index (χ0n) is 12.6. The summed E-state index contributed by atoms with van der Waals surface area (Å²) in [5.74, 6) is -0.230. The number of anilines is 1. The normalized spacial score (nSPS) is 11.9. The van der Waals surface area contributed by atoms with Gasteiger partial charge in [-0.2, -0.15) is 0 Å². The van der Waals surface area contributed by atoms with Gasteiger partial charge >= 0.3 is 0 Å². The highest BCUT2D eigenvalue weighted by Crippen LogP contribution is 2.22. The third kappa shape index (κ3) is 5.06. The Morgan fingerprint density at radius 3 is 2.57 bits per heavy atom. The van der Waals surface area contributed by atoms with Gasteiger partial charge in [-0.1, -0.05) is 33.1 Å². The Labute approximate surface area is 124 Å². The first kappa shape index (κ1) is 16.9.